The van der Waals surface area contributed by atoms with Gasteiger partial charge in [0.15, 0.2) is 0 Å². The third-order valence-electron chi connectivity index (χ3n) is 5.40. The van der Waals surface area contributed by atoms with Crippen molar-refractivity contribution in [2.24, 2.45) is 0 Å². The molecule has 0 aliphatic heterocycles. The Labute approximate surface area is 194 Å². The fourth-order valence-electron chi connectivity index (χ4n) is 3.54. The number of aromatic nitrogens is 6. The van der Waals surface area contributed by atoms with Crippen LogP contribution in [0.25, 0.3) is 11.3 Å². The van der Waals surface area contributed by atoms with Crippen LogP contribution < -0.4 is 0 Å². The molecular formula is C21H16ClF5N6O. The van der Waals surface area contributed by atoms with Crippen LogP contribution in [0.3, 0.4) is 0 Å². The van der Waals surface area contributed by atoms with Gasteiger partial charge in [0.25, 0.3) is 0 Å². The molecule has 34 heavy (non-hydrogen) atoms. The molecule has 0 radical (unpaired) electrons. The van der Waals surface area contributed by atoms with Crippen molar-refractivity contribution in [3.63, 3.8) is 0 Å². The summed E-state index contributed by atoms with van der Waals surface area (Å²) in [6, 6.07) is 2.57. The van der Waals surface area contributed by atoms with E-state index in [-0.39, 0.29) is 28.4 Å². The molecule has 3 aromatic heterocycles. The van der Waals surface area contributed by atoms with Crippen molar-refractivity contribution in [1.29, 1.82) is 0 Å². The molecule has 0 aliphatic rings. The average molecular weight is 499 g/mol. The van der Waals surface area contributed by atoms with Crippen LogP contribution in [-0.4, -0.2) is 34.6 Å². The van der Waals surface area contributed by atoms with E-state index in [1.54, 1.807) is 0 Å². The minimum Gasteiger partial charge on any atom is -0.381 e. The topological polar surface area (TPSA) is 81.6 Å². The van der Waals surface area contributed by atoms with Gasteiger partial charge in [-0.2, -0.15) is 23.4 Å². The summed E-state index contributed by atoms with van der Waals surface area (Å²) in [6.45, 7) is 1.28. The van der Waals surface area contributed by atoms with Gasteiger partial charge in [0.1, 0.15) is 29.9 Å². The second-order valence-electron chi connectivity index (χ2n) is 7.58. The highest BCUT2D eigenvalue weighted by Crippen LogP contribution is 2.38. The van der Waals surface area contributed by atoms with Gasteiger partial charge in [-0.1, -0.05) is 17.7 Å². The number of pyridine rings is 1. The summed E-state index contributed by atoms with van der Waals surface area (Å²) in [5, 5.41) is 19.5. The van der Waals surface area contributed by atoms with Crippen molar-refractivity contribution in [1.82, 2.24) is 29.5 Å². The minimum absolute atomic E-state index is 0.0425. The largest absolute Gasteiger partial charge is 0.417 e. The van der Waals surface area contributed by atoms with Crippen LogP contribution in [0.4, 0.5) is 22.0 Å². The van der Waals surface area contributed by atoms with Gasteiger partial charge < -0.3 is 5.11 Å². The van der Waals surface area contributed by atoms with E-state index in [0.717, 1.165) is 18.2 Å². The first-order chi connectivity index (χ1) is 16.0. The lowest BCUT2D eigenvalue weighted by atomic mass is 9.86. The van der Waals surface area contributed by atoms with Crippen molar-refractivity contribution in [3.8, 4) is 11.3 Å². The zero-order valence-corrected chi connectivity index (χ0v) is 18.1. The number of alkyl halides is 3. The van der Waals surface area contributed by atoms with Gasteiger partial charge in [0.05, 0.1) is 35.1 Å². The SMILES string of the molecule is C[C@@H](n1cc(-c2ncc(C(F)(F)F)cc2Cl)cn1)[C@](O)(Cn1cncn1)c1ccc(F)cc1F. The molecule has 7 nitrogen and oxygen atoms in total. The van der Waals surface area contributed by atoms with Gasteiger partial charge in [0.2, 0.25) is 0 Å². The molecule has 178 valence electrons. The van der Waals surface area contributed by atoms with E-state index in [9.17, 15) is 27.1 Å². The van der Waals surface area contributed by atoms with Gasteiger partial charge in [-0.05, 0) is 19.1 Å². The Hall–Kier alpha value is -3.38. The molecule has 0 bridgehead atoms. The number of halogens is 6. The number of hydrogen-bond acceptors (Lipinski definition) is 5. The van der Waals surface area contributed by atoms with Crippen molar-refractivity contribution >= 4 is 11.6 Å². The predicted molar refractivity (Wildman–Crippen MR) is 110 cm³/mol. The van der Waals surface area contributed by atoms with Crippen molar-refractivity contribution < 1.29 is 27.1 Å². The molecule has 1 N–H and O–H groups in total. The number of rotatable bonds is 6. The molecular weight excluding hydrogens is 483 g/mol. The molecule has 1 aromatic carbocycles. The minimum atomic E-state index is -4.61. The van der Waals surface area contributed by atoms with Gasteiger partial charge in [0, 0.05) is 29.6 Å². The van der Waals surface area contributed by atoms with Crippen LogP contribution >= 0.6 is 11.6 Å². The van der Waals surface area contributed by atoms with Crippen LogP contribution in [-0.2, 0) is 18.3 Å². The van der Waals surface area contributed by atoms with Crippen LogP contribution in [0, 0.1) is 11.6 Å². The van der Waals surface area contributed by atoms with E-state index in [4.69, 9.17) is 11.6 Å². The van der Waals surface area contributed by atoms with Gasteiger partial charge in [-0.25, -0.2) is 18.4 Å². The van der Waals surface area contributed by atoms with E-state index in [2.05, 4.69) is 20.2 Å². The highest BCUT2D eigenvalue weighted by atomic mass is 35.5. The lowest BCUT2D eigenvalue weighted by molar-refractivity contribution is -0.137. The first-order valence-electron chi connectivity index (χ1n) is 9.76. The molecule has 4 aromatic rings. The normalized spacial score (nSPS) is 14.7. The smallest absolute Gasteiger partial charge is 0.381 e. The van der Waals surface area contributed by atoms with Gasteiger partial charge in [-0.3, -0.25) is 9.67 Å². The monoisotopic (exact) mass is 498 g/mol. The second-order valence-corrected chi connectivity index (χ2v) is 7.99. The molecule has 0 amide bonds. The summed E-state index contributed by atoms with van der Waals surface area (Å²) < 4.78 is 69.5. The van der Waals surface area contributed by atoms with Crippen LogP contribution in [0.5, 0.6) is 0 Å². The lowest BCUT2D eigenvalue weighted by Gasteiger charge is -2.34. The second kappa shape index (κ2) is 8.76. The van der Waals surface area contributed by atoms with E-state index < -0.39 is 35.0 Å². The maximum atomic E-state index is 14.7. The molecule has 0 aliphatic carbocycles. The van der Waals surface area contributed by atoms with Crippen LogP contribution in [0.15, 0.2) is 55.5 Å². The summed E-state index contributed by atoms with van der Waals surface area (Å²) >= 11 is 6.02. The van der Waals surface area contributed by atoms with E-state index in [1.807, 2.05) is 0 Å². The highest BCUT2D eigenvalue weighted by molar-refractivity contribution is 6.33. The van der Waals surface area contributed by atoms with Crippen molar-refractivity contribution in [2.75, 3.05) is 0 Å². The summed E-state index contributed by atoms with van der Waals surface area (Å²) in [6.07, 6.45) is 1.30. The molecule has 0 saturated carbocycles. The Morgan fingerprint density at radius 1 is 1.12 bits per heavy atom. The number of benzene rings is 1. The zero-order chi connectivity index (χ0) is 24.7. The standard InChI is InChI=1S/C21H16ClF5N6O/c1-12(20(34,9-32-11-28-10-31-32)16-3-2-15(23)5-18(16)24)33-8-13(6-30-33)19-17(22)4-14(7-29-19)21(25,26)27/h2-8,10-12,34H,9H2,1H3/t12-,20-/m1/s1. The molecule has 0 fully saturated rings. The quantitative estimate of drug-likeness (QED) is 0.392. The van der Waals surface area contributed by atoms with E-state index >= 15 is 0 Å². The van der Waals surface area contributed by atoms with Gasteiger partial charge >= 0.3 is 6.18 Å². The third-order valence-corrected chi connectivity index (χ3v) is 5.69. The Morgan fingerprint density at radius 3 is 2.50 bits per heavy atom. The Balaban J connectivity index is 1.73. The van der Waals surface area contributed by atoms with Crippen molar-refractivity contribution in [2.45, 2.75) is 31.3 Å². The van der Waals surface area contributed by atoms with Crippen LogP contribution in [0.1, 0.15) is 24.1 Å². The Kier molecular flexibility index (Phi) is 6.13. The first-order valence-corrected chi connectivity index (χ1v) is 10.1. The van der Waals surface area contributed by atoms with E-state index in [0.29, 0.717) is 12.3 Å². The maximum Gasteiger partial charge on any atom is 0.417 e. The fraction of sp³-hybridized carbons (Fsp3) is 0.238. The molecule has 0 saturated heterocycles. The molecule has 4 rings (SSSR count). The summed E-state index contributed by atoms with van der Waals surface area (Å²) in [7, 11) is 0. The first kappa shape index (κ1) is 23.8. The Bertz CT molecular complexity index is 1310. The number of aliphatic hydroxyl groups is 1. The van der Waals surface area contributed by atoms with Gasteiger partial charge in [-0.15, -0.1) is 0 Å². The summed E-state index contributed by atoms with van der Waals surface area (Å²) in [5.74, 6) is -1.80. The highest BCUT2D eigenvalue weighted by Gasteiger charge is 2.41. The lowest BCUT2D eigenvalue weighted by Crippen LogP contribution is -2.40. The predicted octanol–water partition coefficient (Wildman–Crippen LogP) is 4.64. The molecule has 2 atom stereocenters. The fourth-order valence-corrected chi connectivity index (χ4v) is 3.82. The molecule has 0 spiro atoms. The number of nitrogens with zero attached hydrogens (tertiary/aromatic N) is 6. The Morgan fingerprint density at radius 2 is 1.88 bits per heavy atom. The van der Waals surface area contributed by atoms with Crippen molar-refractivity contribution in [3.05, 3.63) is 83.3 Å². The molecule has 0 unspecified atom stereocenters. The molecule has 3 heterocycles. The third kappa shape index (κ3) is 4.50. The summed E-state index contributed by atoms with van der Waals surface area (Å²) in [5.41, 5.74) is -2.88. The molecule has 13 heteroatoms. The number of hydrogen-bond donors (Lipinski definition) is 1. The zero-order valence-electron chi connectivity index (χ0n) is 17.4. The summed E-state index contributed by atoms with van der Waals surface area (Å²) in [4.78, 5) is 7.61. The van der Waals surface area contributed by atoms with Crippen LogP contribution in [0.2, 0.25) is 5.02 Å². The average Bonchev–Trinajstić information content (AvgIpc) is 3.44. The maximum absolute atomic E-state index is 14.7. The van der Waals surface area contributed by atoms with E-state index in [1.165, 1.54) is 41.3 Å².